The number of nitrogens with one attached hydrogen (secondary N) is 1. The van der Waals surface area contributed by atoms with Crippen molar-refractivity contribution in [3.63, 3.8) is 0 Å². The molecule has 1 N–H and O–H groups in total. The molecule has 0 unspecified atom stereocenters. The van der Waals surface area contributed by atoms with Crippen molar-refractivity contribution in [1.29, 1.82) is 0 Å². The smallest absolute Gasteiger partial charge is 0.341 e. The van der Waals surface area contributed by atoms with Crippen LogP contribution in [0.1, 0.15) is 50.9 Å². The maximum atomic E-state index is 13.0. The number of carbonyl (C=O) groups excluding carboxylic acids is 2. The highest BCUT2D eigenvalue weighted by molar-refractivity contribution is 7.17. The molecule has 1 aromatic carbocycles. The SMILES string of the molecule is CCOC(=O)c1c(NC(=O)c2cc(OC)c(OC)c(OC)c2)sc2c1CCCC2. The first-order valence-corrected chi connectivity index (χ1v) is 10.3. The van der Waals surface area contributed by atoms with Gasteiger partial charge in [0.05, 0.1) is 33.5 Å². The molecule has 1 heterocycles. The molecule has 0 fully saturated rings. The number of thiophene rings is 1. The minimum atomic E-state index is -0.396. The van der Waals surface area contributed by atoms with Gasteiger partial charge in [-0.3, -0.25) is 4.79 Å². The predicted octanol–water partition coefficient (Wildman–Crippen LogP) is 4.08. The van der Waals surface area contributed by atoms with E-state index in [1.807, 2.05) is 0 Å². The van der Waals surface area contributed by atoms with E-state index in [2.05, 4.69) is 5.32 Å². The van der Waals surface area contributed by atoms with Gasteiger partial charge in [0.2, 0.25) is 5.75 Å². The standard InChI is InChI=1S/C21H25NO6S/c1-5-28-21(24)17-13-8-6-7-9-16(13)29-20(17)22-19(23)12-10-14(25-2)18(27-4)15(11-12)26-3/h10-11H,5-9H2,1-4H3,(H,22,23). The predicted molar refractivity (Wildman–Crippen MR) is 111 cm³/mol. The second-order valence-electron chi connectivity index (χ2n) is 6.50. The fourth-order valence-corrected chi connectivity index (χ4v) is 4.73. The molecular formula is C21H25NO6S. The molecule has 8 heteroatoms. The highest BCUT2D eigenvalue weighted by atomic mass is 32.1. The average Bonchev–Trinajstić information content (AvgIpc) is 3.10. The van der Waals surface area contributed by atoms with Crippen LogP contribution in [0.4, 0.5) is 5.00 Å². The van der Waals surface area contributed by atoms with Gasteiger partial charge in [-0.1, -0.05) is 0 Å². The quantitative estimate of drug-likeness (QED) is 0.681. The van der Waals surface area contributed by atoms with Gasteiger partial charge in [0.1, 0.15) is 5.00 Å². The fraction of sp³-hybridized carbons (Fsp3) is 0.429. The lowest BCUT2D eigenvalue weighted by Crippen LogP contribution is -2.16. The minimum Gasteiger partial charge on any atom is -0.493 e. The number of aryl methyl sites for hydroxylation is 1. The number of methoxy groups -OCH3 is 3. The number of hydrogen-bond acceptors (Lipinski definition) is 7. The maximum absolute atomic E-state index is 13.0. The monoisotopic (exact) mass is 419 g/mol. The molecule has 1 aliphatic carbocycles. The molecule has 29 heavy (non-hydrogen) atoms. The van der Waals surface area contributed by atoms with E-state index in [1.54, 1.807) is 19.1 Å². The number of rotatable bonds is 7. The van der Waals surface area contributed by atoms with E-state index >= 15 is 0 Å². The topological polar surface area (TPSA) is 83.1 Å². The molecule has 0 aliphatic heterocycles. The fourth-order valence-electron chi connectivity index (χ4n) is 3.46. The summed E-state index contributed by atoms with van der Waals surface area (Å²) in [6.07, 6.45) is 3.83. The van der Waals surface area contributed by atoms with Crippen LogP contribution in [0, 0.1) is 0 Å². The van der Waals surface area contributed by atoms with E-state index in [9.17, 15) is 9.59 Å². The Balaban J connectivity index is 1.97. The van der Waals surface area contributed by atoms with Gasteiger partial charge in [0, 0.05) is 10.4 Å². The van der Waals surface area contributed by atoms with E-state index in [4.69, 9.17) is 18.9 Å². The van der Waals surface area contributed by atoms with Gasteiger partial charge in [-0.15, -0.1) is 11.3 Å². The first-order valence-electron chi connectivity index (χ1n) is 9.47. The third-order valence-electron chi connectivity index (χ3n) is 4.80. The summed E-state index contributed by atoms with van der Waals surface area (Å²) in [7, 11) is 4.48. The number of esters is 1. The summed E-state index contributed by atoms with van der Waals surface area (Å²) < 4.78 is 21.2. The summed E-state index contributed by atoms with van der Waals surface area (Å²) in [5, 5.41) is 3.41. The van der Waals surface area contributed by atoms with Crippen molar-refractivity contribution < 1.29 is 28.5 Å². The summed E-state index contributed by atoms with van der Waals surface area (Å²) in [4.78, 5) is 26.7. The van der Waals surface area contributed by atoms with E-state index in [0.29, 0.717) is 33.4 Å². The van der Waals surface area contributed by atoms with Crippen LogP contribution in [0.15, 0.2) is 12.1 Å². The van der Waals surface area contributed by atoms with Crippen LogP contribution in [0.3, 0.4) is 0 Å². The summed E-state index contributed by atoms with van der Waals surface area (Å²) in [5.41, 5.74) is 1.81. The van der Waals surface area contributed by atoms with Crippen LogP contribution in [-0.4, -0.2) is 39.8 Å². The van der Waals surface area contributed by atoms with E-state index < -0.39 is 5.97 Å². The van der Waals surface area contributed by atoms with E-state index in [-0.39, 0.29) is 12.5 Å². The Kier molecular flexibility index (Phi) is 6.64. The molecule has 0 saturated carbocycles. The zero-order chi connectivity index (χ0) is 21.0. The van der Waals surface area contributed by atoms with Gasteiger partial charge >= 0.3 is 5.97 Å². The zero-order valence-electron chi connectivity index (χ0n) is 17.0. The summed E-state index contributed by atoms with van der Waals surface area (Å²) in [5.74, 6) is 0.409. The van der Waals surface area contributed by atoms with Crippen molar-refractivity contribution in [3.8, 4) is 17.2 Å². The molecule has 3 rings (SSSR count). The summed E-state index contributed by atoms with van der Waals surface area (Å²) in [6, 6.07) is 3.16. The lowest BCUT2D eigenvalue weighted by atomic mass is 9.95. The van der Waals surface area contributed by atoms with Gasteiger partial charge in [0.15, 0.2) is 11.5 Å². The molecule has 1 aromatic heterocycles. The molecule has 1 aliphatic rings. The highest BCUT2D eigenvalue weighted by Gasteiger charge is 2.28. The molecular weight excluding hydrogens is 394 g/mol. The van der Waals surface area contributed by atoms with Crippen LogP contribution in [-0.2, 0) is 17.6 Å². The van der Waals surface area contributed by atoms with Crippen molar-refractivity contribution in [3.05, 3.63) is 33.7 Å². The molecule has 0 atom stereocenters. The molecule has 0 saturated heterocycles. The zero-order valence-corrected chi connectivity index (χ0v) is 17.9. The number of fused-ring (bicyclic) bond motifs is 1. The molecule has 0 radical (unpaired) electrons. The van der Waals surface area contributed by atoms with Gasteiger partial charge < -0.3 is 24.3 Å². The minimum absolute atomic E-state index is 0.281. The summed E-state index contributed by atoms with van der Waals surface area (Å²) in [6.45, 7) is 2.05. The largest absolute Gasteiger partial charge is 0.493 e. The Bertz CT molecular complexity index is 895. The number of anilines is 1. The normalized spacial score (nSPS) is 12.7. The van der Waals surface area contributed by atoms with Crippen molar-refractivity contribution in [2.24, 2.45) is 0 Å². The first-order chi connectivity index (χ1) is 14.0. The van der Waals surface area contributed by atoms with Crippen molar-refractivity contribution in [2.45, 2.75) is 32.6 Å². The lowest BCUT2D eigenvalue weighted by molar-refractivity contribution is 0.0526. The van der Waals surface area contributed by atoms with Crippen molar-refractivity contribution in [2.75, 3.05) is 33.3 Å². The van der Waals surface area contributed by atoms with Crippen LogP contribution in [0.2, 0.25) is 0 Å². The number of carbonyl (C=O) groups is 2. The second kappa shape index (κ2) is 9.17. The molecule has 156 valence electrons. The molecule has 0 bridgehead atoms. The van der Waals surface area contributed by atoms with Gasteiger partial charge in [-0.2, -0.15) is 0 Å². The van der Waals surface area contributed by atoms with E-state index in [1.165, 1.54) is 32.7 Å². The first kappa shape index (κ1) is 21.0. The van der Waals surface area contributed by atoms with Gasteiger partial charge in [-0.05, 0) is 50.3 Å². The van der Waals surface area contributed by atoms with E-state index in [0.717, 1.165) is 36.1 Å². The third-order valence-corrected chi connectivity index (χ3v) is 6.01. The number of amides is 1. The van der Waals surface area contributed by atoms with Crippen molar-refractivity contribution >= 4 is 28.2 Å². The van der Waals surface area contributed by atoms with Gasteiger partial charge in [-0.25, -0.2) is 4.79 Å². The second-order valence-corrected chi connectivity index (χ2v) is 7.61. The number of benzene rings is 1. The van der Waals surface area contributed by atoms with Gasteiger partial charge in [0.25, 0.3) is 5.91 Å². The number of ether oxygens (including phenoxy) is 4. The molecule has 0 spiro atoms. The third kappa shape index (κ3) is 4.17. The molecule has 2 aromatic rings. The number of hydrogen-bond donors (Lipinski definition) is 1. The Labute approximate surface area is 173 Å². The Morgan fingerprint density at radius 2 is 1.69 bits per heavy atom. The Morgan fingerprint density at radius 1 is 1.03 bits per heavy atom. The van der Waals surface area contributed by atoms with Crippen LogP contribution < -0.4 is 19.5 Å². The average molecular weight is 419 g/mol. The summed E-state index contributed by atoms with van der Waals surface area (Å²) >= 11 is 1.45. The highest BCUT2D eigenvalue weighted by Crippen LogP contribution is 2.40. The van der Waals surface area contributed by atoms with Crippen LogP contribution in [0.25, 0.3) is 0 Å². The van der Waals surface area contributed by atoms with Crippen LogP contribution in [0.5, 0.6) is 17.2 Å². The van der Waals surface area contributed by atoms with Crippen molar-refractivity contribution in [1.82, 2.24) is 0 Å². The Morgan fingerprint density at radius 3 is 2.28 bits per heavy atom. The maximum Gasteiger partial charge on any atom is 0.341 e. The molecule has 1 amide bonds. The lowest BCUT2D eigenvalue weighted by Gasteiger charge is -2.14. The Hall–Kier alpha value is -2.74. The van der Waals surface area contributed by atoms with Crippen LogP contribution >= 0.6 is 11.3 Å². The molecule has 7 nitrogen and oxygen atoms in total.